The lowest BCUT2D eigenvalue weighted by molar-refractivity contribution is -0.295. The van der Waals surface area contributed by atoms with Gasteiger partial charge in [-0.3, -0.25) is 4.79 Å². The molecule has 1 aromatic carbocycles. The number of Topliss-reactive ketones (excluding diaryl/α,β-unsaturated/α-hetero) is 1. The van der Waals surface area contributed by atoms with E-state index in [1.807, 2.05) is 0 Å². The lowest BCUT2D eigenvalue weighted by Crippen LogP contribution is -2.62. The summed E-state index contributed by atoms with van der Waals surface area (Å²) in [5.74, 6) is -2.76. The van der Waals surface area contributed by atoms with Crippen molar-refractivity contribution in [1.29, 1.82) is 0 Å². The molecule has 0 amide bonds. The fourth-order valence-corrected chi connectivity index (χ4v) is 2.64. The smallest absolute Gasteiger partial charge is 0.360 e. The first-order valence-corrected chi connectivity index (χ1v) is 7.48. The number of allylic oxidation sites excluding steroid dienone is 3. The quantitative estimate of drug-likeness (QED) is 0.767. The Hall–Kier alpha value is -2.00. The van der Waals surface area contributed by atoms with E-state index in [2.05, 4.69) is 0 Å². The lowest BCUT2D eigenvalue weighted by Gasteiger charge is -2.45. The number of carbonyl (C=O) groups is 1. The van der Waals surface area contributed by atoms with Crippen molar-refractivity contribution >= 4 is 17.4 Å². The molecule has 0 spiro atoms. The van der Waals surface area contributed by atoms with Crippen molar-refractivity contribution in [3.05, 3.63) is 58.3 Å². The number of benzene rings is 1. The Morgan fingerprint density at radius 2 is 1.65 bits per heavy atom. The van der Waals surface area contributed by atoms with Crippen LogP contribution in [-0.4, -0.2) is 33.9 Å². The molecule has 26 heavy (non-hydrogen) atoms. The molecular weight excluding hydrogens is 388 g/mol. The van der Waals surface area contributed by atoms with Crippen molar-refractivity contribution in [2.24, 2.45) is 0 Å². The van der Waals surface area contributed by atoms with Gasteiger partial charge < -0.3 is 10.0 Å². The molecule has 0 aliphatic carbocycles. The topological polar surface area (TPSA) is 40.5 Å². The maximum absolute atomic E-state index is 13.6. The number of ketones is 1. The van der Waals surface area contributed by atoms with E-state index in [0.29, 0.717) is 16.0 Å². The zero-order valence-electron chi connectivity index (χ0n) is 13.1. The molecule has 1 aliphatic heterocycles. The van der Waals surface area contributed by atoms with E-state index < -0.39 is 36.0 Å². The first kappa shape index (κ1) is 20.3. The van der Waals surface area contributed by atoms with Gasteiger partial charge in [0.2, 0.25) is 0 Å². The van der Waals surface area contributed by atoms with E-state index in [1.54, 1.807) is 0 Å². The Labute approximate surface area is 149 Å². The highest BCUT2D eigenvalue weighted by atomic mass is 35.5. The standard InChI is InChI=1S/C16H12ClF6NO2/c1-9-2-7-12(13(25)15(18,19)20)14(26,16(21,22)23)24(9)8-10-3-5-11(17)6-4-10/h2-7,26H,8H2,1H3. The minimum absolute atomic E-state index is 0.168. The van der Waals surface area contributed by atoms with E-state index in [-0.39, 0.29) is 11.3 Å². The molecule has 0 radical (unpaired) electrons. The van der Waals surface area contributed by atoms with Crippen LogP contribution in [0.5, 0.6) is 0 Å². The summed E-state index contributed by atoms with van der Waals surface area (Å²) in [5, 5.41) is 10.6. The van der Waals surface area contributed by atoms with Crippen molar-refractivity contribution < 1.29 is 36.2 Å². The van der Waals surface area contributed by atoms with Crippen LogP contribution in [0.15, 0.2) is 47.7 Å². The van der Waals surface area contributed by atoms with Crippen LogP contribution in [0, 0.1) is 0 Å². The van der Waals surface area contributed by atoms with Crippen LogP contribution in [0.25, 0.3) is 0 Å². The molecule has 0 aromatic heterocycles. The molecule has 0 fully saturated rings. The van der Waals surface area contributed by atoms with E-state index in [4.69, 9.17) is 11.6 Å². The molecule has 142 valence electrons. The summed E-state index contributed by atoms with van der Waals surface area (Å²) >= 11 is 5.69. The number of hydrogen-bond donors (Lipinski definition) is 1. The van der Waals surface area contributed by atoms with Gasteiger partial charge in [0.1, 0.15) is 0 Å². The molecule has 0 saturated heterocycles. The van der Waals surface area contributed by atoms with Gasteiger partial charge in [-0.2, -0.15) is 26.3 Å². The molecular formula is C16H12ClF6NO2. The van der Waals surface area contributed by atoms with Crippen LogP contribution in [0.1, 0.15) is 12.5 Å². The third kappa shape index (κ3) is 3.59. The summed E-state index contributed by atoms with van der Waals surface area (Å²) in [6.07, 6.45) is -9.89. The highest BCUT2D eigenvalue weighted by molar-refractivity contribution is 6.30. The Bertz CT molecular complexity index is 766. The average molecular weight is 400 g/mol. The Kier molecular flexibility index (Phi) is 5.17. The molecule has 0 bridgehead atoms. The van der Waals surface area contributed by atoms with E-state index >= 15 is 0 Å². The molecule has 2 rings (SSSR count). The number of alkyl halides is 6. The largest absolute Gasteiger partial charge is 0.454 e. The fraction of sp³-hybridized carbons (Fsp3) is 0.312. The molecule has 1 aromatic rings. The fourth-order valence-electron chi connectivity index (χ4n) is 2.51. The Morgan fingerprint density at radius 1 is 1.12 bits per heavy atom. The second kappa shape index (κ2) is 6.62. The summed E-state index contributed by atoms with van der Waals surface area (Å²) in [4.78, 5) is 11.8. The maximum atomic E-state index is 13.6. The molecule has 0 saturated carbocycles. The number of nitrogens with zero attached hydrogens (tertiary/aromatic N) is 1. The average Bonchev–Trinajstić information content (AvgIpc) is 2.50. The minimum atomic E-state index is -5.57. The van der Waals surface area contributed by atoms with E-state index in [9.17, 15) is 36.2 Å². The van der Waals surface area contributed by atoms with Gasteiger partial charge in [0.05, 0.1) is 5.57 Å². The summed E-state index contributed by atoms with van der Waals surface area (Å²) in [6.45, 7) is 0.579. The van der Waals surface area contributed by atoms with Gasteiger partial charge in [0.15, 0.2) is 0 Å². The molecule has 1 atom stereocenters. The zero-order chi connectivity index (χ0) is 19.9. The third-order valence-corrected chi connectivity index (χ3v) is 4.09. The van der Waals surface area contributed by atoms with Gasteiger partial charge in [0, 0.05) is 17.3 Å². The predicted molar refractivity (Wildman–Crippen MR) is 80.9 cm³/mol. The van der Waals surface area contributed by atoms with Crippen LogP contribution in [0.4, 0.5) is 26.3 Å². The van der Waals surface area contributed by atoms with Gasteiger partial charge >= 0.3 is 12.4 Å². The molecule has 10 heteroatoms. The summed E-state index contributed by atoms with van der Waals surface area (Å²) in [6, 6.07) is 5.47. The first-order chi connectivity index (χ1) is 11.8. The van der Waals surface area contributed by atoms with Crippen molar-refractivity contribution in [3.63, 3.8) is 0 Å². The van der Waals surface area contributed by atoms with Crippen molar-refractivity contribution in [2.45, 2.75) is 31.5 Å². The number of rotatable bonds is 3. The Balaban J connectivity index is 2.56. The number of carbonyl (C=O) groups excluding carboxylic acids is 1. The normalized spacial score (nSPS) is 21.3. The van der Waals surface area contributed by atoms with Crippen LogP contribution in [0.3, 0.4) is 0 Å². The molecule has 1 aliphatic rings. The number of hydrogen-bond acceptors (Lipinski definition) is 3. The van der Waals surface area contributed by atoms with E-state index in [0.717, 1.165) is 6.08 Å². The maximum Gasteiger partial charge on any atom is 0.454 e. The summed E-state index contributed by atoms with van der Waals surface area (Å²) in [5.41, 5.74) is -5.86. The second-order valence-electron chi connectivity index (χ2n) is 5.60. The minimum Gasteiger partial charge on any atom is -0.360 e. The highest BCUT2D eigenvalue weighted by Crippen LogP contribution is 2.45. The van der Waals surface area contributed by atoms with Gasteiger partial charge in [-0.05, 0) is 36.8 Å². The van der Waals surface area contributed by atoms with Crippen LogP contribution in [-0.2, 0) is 11.3 Å². The van der Waals surface area contributed by atoms with Crippen molar-refractivity contribution in [1.82, 2.24) is 4.90 Å². The number of halogens is 7. The molecule has 3 nitrogen and oxygen atoms in total. The molecule has 1 heterocycles. The van der Waals surface area contributed by atoms with Gasteiger partial charge in [0.25, 0.3) is 11.5 Å². The van der Waals surface area contributed by atoms with Crippen LogP contribution in [0.2, 0.25) is 5.02 Å². The van der Waals surface area contributed by atoms with Gasteiger partial charge in [-0.25, -0.2) is 0 Å². The molecule has 1 N–H and O–H groups in total. The summed E-state index contributed by atoms with van der Waals surface area (Å²) in [7, 11) is 0. The lowest BCUT2D eigenvalue weighted by atomic mass is 9.91. The molecule has 1 unspecified atom stereocenters. The van der Waals surface area contributed by atoms with Gasteiger partial charge in [-0.15, -0.1) is 0 Å². The van der Waals surface area contributed by atoms with Crippen molar-refractivity contribution in [2.75, 3.05) is 0 Å². The van der Waals surface area contributed by atoms with Crippen molar-refractivity contribution in [3.8, 4) is 0 Å². The SMILES string of the molecule is CC1=CC=C(C(=O)C(F)(F)F)C(O)(C(F)(F)F)N1Cc1ccc(Cl)cc1. The predicted octanol–water partition coefficient (Wildman–Crippen LogP) is 4.37. The monoisotopic (exact) mass is 399 g/mol. The second-order valence-corrected chi connectivity index (χ2v) is 6.03. The van der Waals surface area contributed by atoms with Gasteiger partial charge in [-0.1, -0.05) is 23.7 Å². The summed E-state index contributed by atoms with van der Waals surface area (Å²) < 4.78 is 79.1. The Morgan fingerprint density at radius 3 is 2.12 bits per heavy atom. The van der Waals surface area contributed by atoms with E-state index in [1.165, 1.54) is 31.2 Å². The zero-order valence-corrected chi connectivity index (χ0v) is 13.9. The van der Waals surface area contributed by atoms with Crippen LogP contribution >= 0.6 is 11.6 Å². The highest BCUT2D eigenvalue weighted by Gasteiger charge is 2.65. The first-order valence-electron chi connectivity index (χ1n) is 7.10. The van der Waals surface area contributed by atoms with Crippen LogP contribution < -0.4 is 0 Å². The number of aliphatic hydroxyl groups is 1. The third-order valence-electron chi connectivity index (χ3n) is 3.83.